The Morgan fingerprint density at radius 2 is 1.00 bits per heavy atom. The molecule has 0 spiro atoms. The number of aliphatic hydroxyl groups is 1. The van der Waals surface area contributed by atoms with Crippen LogP contribution in [0.2, 0.25) is 0 Å². The molecule has 0 saturated heterocycles. The maximum atomic E-state index is 13.5. The highest BCUT2D eigenvalue weighted by molar-refractivity contribution is 8.13. The average molecular weight is 998 g/mol. The molecule has 2 aromatic carbocycles. The Morgan fingerprint density at radius 3 is 1.30 bits per heavy atom. The Kier molecular flexibility index (Phi) is 18.6. The highest BCUT2D eigenvalue weighted by atomic mass is 35.7. The van der Waals surface area contributed by atoms with Gasteiger partial charge in [0.15, 0.2) is 22.9 Å². The van der Waals surface area contributed by atoms with Gasteiger partial charge in [0.05, 0.1) is 26.0 Å². The number of benzene rings is 2. The lowest BCUT2D eigenvalue weighted by atomic mass is 10.0. The molecule has 2 amide bonds. The number of ether oxygens (including phenoxy) is 4. The molecule has 2 aliphatic heterocycles. The molecule has 0 fully saturated rings. The third-order valence-corrected chi connectivity index (χ3v) is 10.4. The number of aliphatic hydroxyl groups excluding tert-OH is 1. The smallest absolute Gasteiger partial charge is 0.331 e. The molecule has 2 aliphatic rings. The fraction of sp³-hybridized carbons (Fsp3) is 0.480. The van der Waals surface area contributed by atoms with Gasteiger partial charge in [-0.3, -0.25) is 19.2 Å². The Morgan fingerprint density at radius 1 is 0.667 bits per heavy atom. The van der Waals surface area contributed by atoms with Crippen LogP contribution in [0.4, 0.5) is 0 Å². The Bertz CT molecular complexity index is 2530. The van der Waals surface area contributed by atoms with E-state index in [-0.39, 0.29) is 78.3 Å². The van der Waals surface area contributed by atoms with Crippen molar-refractivity contribution in [2.45, 2.75) is 138 Å². The van der Waals surface area contributed by atoms with Gasteiger partial charge in [0, 0.05) is 46.3 Å². The molecule has 6 rings (SSSR count). The van der Waals surface area contributed by atoms with Crippen molar-refractivity contribution in [3.63, 3.8) is 0 Å². The van der Waals surface area contributed by atoms with Crippen molar-refractivity contribution < 1.29 is 51.6 Å². The van der Waals surface area contributed by atoms with Gasteiger partial charge in [-0.05, 0) is 86.8 Å². The third kappa shape index (κ3) is 15.0. The number of hydrogen-bond donors (Lipinski definition) is 1. The number of rotatable bonds is 12. The topological polar surface area (TPSA) is 210 Å². The van der Waals surface area contributed by atoms with Crippen molar-refractivity contribution in [2.24, 2.45) is 0 Å². The van der Waals surface area contributed by atoms with Crippen molar-refractivity contribution in [3.8, 4) is 11.5 Å². The number of esters is 2. The number of carbonyl (C=O) groups is 4. The van der Waals surface area contributed by atoms with E-state index in [0.717, 1.165) is 17.4 Å². The molecule has 4 aromatic rings. The Hall–Kier alpha value is -5.98. The van der Waals surface area contributed by atoms with E-state index >= 15 is 0 Å². The quantitative estimate of drug-likeness (QED) is 0.118. The van der Waals surface area contributed by atoms with Crippen molar-refractivity contribution in [1.29, 1.82) is 0 Å². The van der Waals surface area contributed by atoms with Crippen LogP contribution in [0.15, 0.2) is 82.4 Å². The first-order valence-corrected chi connectivity index (χ1v) is 25.3. The SMILES string of the molecule is CC(C)N1CC(C(=O)OC(C)(C)C)n2c(CO)cc(=O)c(OCc3ccccc3)c2C1=O.CCc1cc(=O)c(OCc2ccccc2)c2n1C(C(=O)OC(C)(C)C)CN(C(C)C)C2=O.CS(=O)(=O)Cl. The van der Waals surface area contributed by atoms with Crippen LogP contribution in [-0.2, 0) is 54.4 Å². The Labute approximate surface area is 408 Å². The lowest BCUT2D eigenvalue weighted by molar-refractivity contribution is -0.161. The monoisotopic (exact) mass is 996 g/mol. The first-order valence-electron chi connectivity index (χ1n) is 22.5. The van der Waals surface area contributed by atoms with Gasteiger partial charge in [-0.2, -0.15) is 0 Å². The van der Waals surface area contributed by atoms with Crippen molar-refractivity contribution >= 4 is 43.5 Å². The fourth-order valence-corrected chi connectivity index (χ4v) is 7.52. The van der Waals surface area contributed by atoms with Gasteiger partial charge in [0.25, 0.3) is 11.8 Å². The zero-order valence-electron chi connectivity index (χ0n) is 41.4. The summed E-state index contributed by atoms with van der Waals surface area (Å²) in [5, 5.41) is 9.93. The van der Waals surface area contributed by atoms with E-state index in [9.17, 15) is 42.3 Å². The number of amides is 2. The molecule has 4 heterocycles. The first-order chi connectivity index (χ1) is 32.1. The molecule has 0 saturated carbocycles. The normalized spacial score (nSPS) is 15.8. The van der Waals surface area contributed by atoms with Crippen LogP contribution in [-0.4, -0.2) is 98.8 Å². The molecule has 0 bridgehead atoms. The summed E-state index contributed by atoms with van der Waals surface area (Å²) >= 11 is 0. The van der Waals surface area contributed by atoms with Gasteiger partial charge in [0.1, 0.15) is 36.5 Å². The second kappa shape index (κ2) is 23.1. The van der Waals surface area contributed by atoms with E-state index in [1.165, 1.54) is 21.6 Å². The molecule has 2 aromatic heterocycles. The van der Waals surface area contributed by atoms with E-state index in [1.54, 1.807) is 51.0 Å². The molecular formula is C50H65ClN4O13S. The zero-order valence-corrected chi connectivity index (χ0v) is 43.0. The maximum absolute atomic E-state index is 13.5. The van der Waals surface area contributed by atoms with Crippen molar-refractivity contribution in [1.82, 2.24) is 18.9 Å². The van der Waals surface area contributed by atoms with E-state index in [1.807, 2.05) is 95.3 Å². The summed E-state index contributed by atoms with van der Waals surface area (Å²) < 4.78 is 44.9. The largest absolute Gasteiger partial charge is 0.483 e. The average Bonchev–Trinajstić information content (AvgIpc) is 3.24. The van der Waals surface area contributed by atoms with Gasteiger partial charge in [-0.25, -0.2) is 18.0 Å². The predicted octanol–water partition coefficient (Wildman–Crippen LogP) is 6.59. The minimum atomic E-state index is -3.19. The zero-order chi connectivity index (χ0) is 51.8. The van der Waals surface area contributed by atoms with Crippen LogP contribution in [0, 0.1) is 0 Å². The summed E-state index contributed by atoms with van der Waals surface area (Å²) in [5.41, 5.74) is 0.196. The highest BCUT2D eigenvalue weighted by Crippen LogP contribution is 2.33. The number of aryl methyl sites for hydroxylation is 1. The van der Waals surface area contributed by atoms with Crippen LogP contribution >= 0.6 is 10.7 Å². The number of halogens is 1. The molecule has 376 valence electrons. The second-order valence-corrected chi connectivity index (χ2v) is 22.1. The second-order valence-electron chi connectivity index (χ2n) is 19.0. The van der Waals surface area contributed by atoms with Gasteiger partial charge in [0.2, 0.25) is 19.9 Å². The van der Waals surface area contributed by atoms with Crippen LogP contribution in [0.5, 0.6) is 11.5 Å². The number of carbonyl (C=O) groups excluding carboxylic acids is 4. The minimum absolute atomic E-state index is 0.0324. The summed E-state index contributed by atoms with van der Waals surface area (Å²) in [6.45, 7) is 19.9. The van der Waals surface area contributed by atoms with E-state index in [4.69, 9.17) is 18.9 Å². The summed E-state index contributed by atoms with van der Waals surface area (Å²) in [7, 11) is 1.31. The molecule has 2 atom stereocenters. The lowest BCUT2D eigenvalue weighted by Crippen LogP contribution is -2.51. The van der Waals surface area contributed by atoms with Gasteiger partial charge in [-0.15, -0.1) is 0 Å². The van der Waals surface area contributed by atoms with Crippen molar-refractivity contribution in [2.75, 3.05) is 19.3 Å². The summed E-state index contributed by atoms with van der Waals surface area (Å²) in [4.78, 5) is 82.2. The van der Waals surface area contributed by atoms with Crippen molar-refractivity contribution in [3.05, 3.63) is 127 Å². The summed E-state index contributed by atoms with van der Waals surface area (Å²) in [6, 6.07) is 19.3. The van der Waals surface area contributed by atoms with Crippen LogP contribution in [0.1, 0.15) is 132 Å². The van der Waals surface area contributed by atoms with E-state index in [0.29, 0.717) is 12.1 Å². The number of fused-ring (bicyclic) bond motifs is 2. The molecule has 0 aliphatic carbocycles. The number of nitrogens with zero attached hydrogens (tertiary/aromatic N) is 4. The lowest BCUT2D eigenvalue weighted by Gasteiger charge is -2.39. The predicted molar refractivity (Wildman–Crippen MR) is 261 cm³/mol. The molecule has 69 heavy (non-hydrogen) atoms. The van der Waals surface area contributed by atoms with E-state index < -0.39 is 62.2 Å². The maximum Gasteiger partial charge on any atom is 0.331 e. The first kappa shape index (κ1) is 55.6. The molecule has 0 radical (unpaired) electrons. The molecule has 19 heteroatoms. The molecular weight excluding hydrogens is 932 g/mol. The third-order valence-electron chi connectivity index (χ3n) is 10.4. The standard InChI is InChI=1S/C25H32N2O5.C24H30N2O6.CH3ClO2S/c1-7-18-13-20(28)22(31-15-17-11-9-8-10-12-17)21-23(29)26(16(2)3)14-19(27(18)21)24(30)32-25(4,5)6;1-15(2)25-12-18(23(30)32-24(3,4)5)26-17(13-27)11-19(28)21(20(26)22(25)29)31-14-16-9-7-6-8-10-16;1-5(2,3)4/h8-13,16,19H,7,14-15H2,1-6H3;6-11,15,18,27H,12-14H2,1-5H3;1H3. The summed E-state index contributed by atoms with van der Waals surface area (Å²) in [5.74, 6) is -1.93. The van der Waals surface area contributed by atoms with Gasteiger partial charge >= 0.3 is 11.9 Å². The summed E-state index contributed by atoms with van der Waals surface area (Å²) in [6.07, 6.45) is 1.41. The fourth-order valence-electron chi connectivity index (χ4n) is 7.52. The van der Waals surface area contributed by atoms with Crippen LogP contribution in [0.3, 0.4) is 0 Å². The highest BCUT2D eigenvalue weighted by Gasteiger charge is 2.43. The van der Waals surface area contributed by atoms with Crippen LogP contribution in [0.25, 0.3) is 0 Å². The number of hydrogen-bond acceptors (Lipinski definition) is 13. The van der Waals surface area contributed by atoms with E-state index in [2.05, 4.69) is 10.7 Å². The Balaban J connectivity index is 0.000000274. The minimum Gasteiger partial charge on any atom is -0.483 e. The molecule has 1 N–H and O–H groups in total. The van der Waals surface area contributed by atoms with Gasteiger partial charge in [-0.1, -0.05) is 67.6 Å². The van der Waals surface area contributed by atoms with Crippen LogP contribution < -0.4 is 20.3 Å². The molecule has 2 unspecified atom stereocenters. The number of aromatic nitrogens is 2. The number of pyridine rings is 2. The van der Waals surface area contributed by atoms with Gasteiger partial charge < -0.3 is 43.0 Å². The molecule has 17 nitrogen and oxygen atoms in total.